The molecule has 0 fully saturated rings. The van der Waals surface area contributed by atoms with Crippen molar-refractivity contribution in [2.45, 2.75) is 12.5 Å². The first-order valence-electron chi connectivity index (χ1n) is 10.2. The van der Waals surface area contributed by atoms with Crippen molar-refractivity contribution < 1.29 is 15.0 Å². The fourth-order valence-corrected chi connectivity index (χ4v) is 4.33. The van der Waals surface area contributed by atoms with Crippen LogP contribution < -0.4 is 4.90 Å². The molecule has 0 saturated carbocycles. The minimum absolute atomic E-state index is 0.0381. The summed E-state index contributed by atoms with van der Waals surface area (Å²) in [6.45, 7) is -0.315. The van der Waals surface area contributed by atoms with Gasteiger partial charge in [-0.3, -0.25) is 9.69 Å². The quantitative estimate of drug-likeness (QED) is 0.479. The molecule has 1 atom stereocenters. The number of hydrogen-bond acceptors (Lipinski definition) is 3. The summed E-state index contributed by atoms with van der Waals surface area (Å²) in [5.41, 5.74) is 5.15. The first kappa shape index (κ1) is 19.1. The molecule has 0 aliphatic carbocycles. The summed E-state index contributed by atoms with van der Waals surface area (Å²) < 4.78 is 0. The van der Waals surface area contributed by atoms with Gasteiger partial charge in [-0.05, 0) is 47.0 Å². The van der Waals surface area contributed by atoms with Crippen LogP contribution in [-0.4, -0.2) is 16.1 Å². The molecule has 2 N–H and O–H groups in total. The highest BCUT2D eigenvalue weighted by molar-refractivity contribution is 6.12. The maximum atomic E-state index is 13.7. The van der Waals surface area contributed by atoms with Crippen molar-refractivity contribution in [3.63, 3.8) is 0 Å². The van der Waals surface area contributed by atoms with Crippen LogP contribution in [0.5, 0.6) is 5.75 Å². The van der Waals surface area contributed by atoms with E-state index in [-0.39, 0.29) is 18.3 Å². The van der Waals surface area contributed by atoms with E-state index < -0.39 is 5.92 Å². The lowest BCUT2D eigenvalue weighted by molar-refractivity contribution is -0.117. The van der Waals surface area contributed by atoms with Crippen LogP contribution in [0.1, 0.15) is 22.6 Å². The number of amides is 1. The zero-order chi connectivity index (χ0) is 21.4. The summed E-state index contributed by atoms with van der Waals surface area (Å²) in [4.78, 5) is 15.4. The highest BCUT2D eigenvalue weighted by atomic mass is 16.3. The van der Waals surface area contributed by atoms with Crippen molar-refractivity contribution in [3.05, 3.63) is 114 Å². The van der Waals surface area contributed by atoms with Gasteiger partial charge in [0.15, 0.2) is 0 Å². The third-order valence-corrected chi connectivity index (χ3v) is 5.77. The van der Waals surface area contributed by atoms with E-state index in [4.69, 9.17) is 0 Å². The maximum absolute atomic E-state index is 13.7. The smallest absolute Gasteiger partial charge is 0.243 e. The summed E-state index contributed by atoms with van der Waals surface area (Å²) in [6.07, 6.45) is 0. The van der Waals surface area contributed by atoms with E-state index in [0.717, 1.165) is 28.1 Å². The normalized spacial score (nSPS) is 15.2. The van der Waals surface area contributed by atoms with E-state index in [1.54, 1.807) is 11.0 Å². The number of carbonyl (C=O) groups is 1. The van der Waals surface area contributed by atoms with Crippen molar-refractivity contribution in [3.8, 4) is 16.9 Å². The molecular weight excluding hydrogens is 386 g/mol. The average molecular weight is 407 g/mol. The van der Waals surface area contributed by atoms with E-state index in [0.29, 0.717) is 11.1 Å². The molecule has 1 aliphatic rings. The van der Waals surface area contributed by atoms with Crippen LogP contribution in [-0.2, 0) is 11.4 Å². The minimum atomic E-state index is -0.523. The number of aromatic hydroxyl groups is 1. The van der Waals surface area contributed by atoms with Gasteiger partial charge in [-0.25, -0.2) is 0 Å². The average Bonchev–Trinajstić information content (AvgIpc) is 3.12. The lowest BCUT2D eigenvalue weighted by Crippen LogP contribution is -2.24. The lowest BCUT2D eigenvalue weighted by Gasteiger charge is -2.19. The number of benzene rings is 4. The summed E-state index contributed by atoms with van der Waals surface area (Å²) >= 11 is 0. The van der Waals surface area contributed by atoms with Crippen LogP contribution >= 0.6 is 0 Å². The Morgan fingerprint density at radius 3 is 2.16 bits per heavy atom. The van der Waals surface area contributed by atoms with Crippen molar-refractivity contribution >= 4 is 17.3 Å². The van der Waals surface area contributed by atoms with Gasteiger partial charge in [0.05, 0.1) is 18.2 Å². The van der Waals surface area contributed by atoms with Gasteiger partial charge in [0.25, 0.3) is 0 Å². The van der Waals surface area contributed by atoms with Crippen LogP contribution in [0.15, 0.2) is 97.1 Å². The molecule has 0 spiro atoms. The Morgan fingerprint density at radius 1 is 0.806 bits per heavy atom. The van der Waals surface area contributed by atoms with Gasteiger partial charge in [-0.15, -0.1) is 0 Å². The maximum Gasteiger partial charge on any atom is 0.243 e. The van der Waals surface area contributed by atoms with Gasteiger partial charge in [-0.2, -0.15) is 0 Å². The number of carbonyl (C=O) groups excluding carboxylic acids is 1. The van der Waals surface area contributed by atoms with E-state index >= 15 is 0 Å². The molecule has 1 heterocycles. The molecular formula is C27H21NO3. The van der Waals surface area contributed by atoms with E-state index in [1.165, 1.54) is 0 Å². The predicted octanol–water partition coefficient (Wildman–Crippen LogP) is 5.36. The number of para-hydroxylation sites is 2. The largest absolute Gasteiger partial charge is 0.507 e. The Kier molecular flexibility index (Phi) is 4.77. The second-order valence-electron chi connectivity index (χ2n) is 7.60. The molecule has 152 valence electrons. The van der Waals surface area contributed by atoms with Gasteiger partial charge >= 0.3 is 0 Å². The zero-order valence-corrected chi connectivity index (χ0v) is 16.8. The van der Waals surface area contributed by atoms with Crippen LogP contribution in [0.4, 0.5) is 11.4 Å². The van der Waals surface area contributed by atoms with E-state index in [9.17, 15) is 15.0 Å². The van der Waals surface area contributed by atoms with Gasteiger partial charge < -0.3 is 10.2 Å². The van der Waals surface area contributed by atoms with Crippen LogP contribution in [0.2, 0.25) is 0 Å². The topological polar surface area (TPSA) is 60.8 Å². The molecule has 31 heavy (non-hydrogen) atoms. The Balaban J connectivity index is 1.69. The highest BCUT2D eigenvalue weighted by Gasteiger charge is 2.39. The number of phenols is 1. The second kappa shape index (κ2) is 7.74. The summed E-state index contributed by atoms with van der Waals surface area (Å²) in [5.74, 6) is -0.540. The number of aliphatic hydroxyl groups is 1. The lowest BCUT2D eigenvalue weighted by atomic mass is 9.88. The van der Waals surface area contributed by atoms with E-state index in [2.05, 4.69) is 0 Å². The molecule has 0 radical (unpaired) electrons. The van der Waals surface area contributed by atoms with Crippen molar-refractivity contribution in [1.29, 1.82) is 0 Å². The molecule has 4 nitrogen and oxygen atoms in total. The highest BCUT2D eigenvalue weighted by Crippen LogP contribution is 2.46. The molecule has 4 aromatic rings. The Morgan fingerprint density at radius 2 is 1.45 bits per heavy atom. The monoisotopic (exact) mass is 407 g/mol. The predicted molar refractivity (Wildman–Crippen MR) is 121 cm³/mol. The number of rotatable bonds is 4. The van der Waals surface area contributed by atoms with Crippen molar-refractivity contribution in [2.75, 3.05) is 4.90 Å². The van der Waals surface area contributed by atoms with Gasteiger partial charge in [0, 0.05) is 16.8 Å². The molecule has 1 aliphatic heterocycles. The number of aliphatic hydroxyl groups excluding tert-OH is 1. The molecule has 5 rings (SSSR count). The second-order valence-corrected chi connectivity index (χ2v) is 7.60. The SMILES string of the molecule is O=C1C(c2cc(CO)c(O)c(-c3ccccc3)c2)c2ccccc2N1c1ccccc1. The standard InChI is InChI=1S/C27H21NO3/c29-17-20-15-19(16-23(26(20)30)18-9-3-1-4-10-18)25-22-13-7-8-14-24(22)28(27(25)31)21-11-5-2-6-12-21/h1-16,25,29-30H,17H2. The van der Waals surface area contributed by atoms with Gasteiger partial charge in [0.2, 0.25) is 5.91 Å². The molecule has 0 saturated heterocycles. The van der Waals surface area contributed by atoms with Gasteiger partial charge in [0.1, 0.15) is 5.75 Å². The fraction of sp³-hybridized carbons (Fsp3) is 0.0741. The van der Waals surface area contributed by atoms with E-state index in [1.807, 2.05) is 91.0 Å². The van der Waals surface area contributed by atoms with Gasteiger partial charge in [-0.1, -0.05) is 66.7 Å². The summed E-state index contributed by atoms with van der Waals surface area (Å²) in [6, 6.07) is 30.5. The third kappa shape index (κ3) is 3.18. The summed E-state index contributed by atoms with van der Waals surface area (Å²) in [5, 5.41) is 20.6. The zero-order valence-electron chi connectivity index (χ0n) is 16.8. The van der Waals surface area contributed by atoms with Crippen LogP contribution in [0.25, 0.3) is 11.1 Å². The molecule has 4 heteroatoms. The fourth-order valence-electron chi connectivity index (χ4n) is 4.33. The minimum Gasteiger partial charge on any atom is -0.507 e. The molecule has 0 aromatic heterocycles. The summed E-state index contributed by atoms with van der Waals surface area (Å²) in [7, 11) is 0. The molecule has 0 bridgehead atoms. The molecule has 1 amide bonds. The van der Waals surface area contributed by atoms with Crippen LogP contribution in [0.3, 0.4) is 0 Å². The van der Waals surface area contributed by atoms with Crippen molar-refractivity contribution in [2.24, 2.45) is 0 Å². The third-order valence-electron chi connectivity index (χ3n) is 5.77. The van der Waals surface area contributed by atoms with Crippen LogP contribution in [0, 0.1) is 0 Å². The Bertz CT molecular complexity index is 1250. The Labute approximate surface area is 180 Å². The number of fused-ring (bicyclic) bond motifs is 1. The number of nitrogens with zero attached hydrogens (tertiary/aromatic N) is 1. The Hall–Kier alpha value is -3.89. The number of hydrogen-bond donors (Lipinski definition) is 2. The van der Waals surface area contributed by atoms with Crippen molar-refractivity contribution in [1.82, 2.24) is 0 Å². The molecule has 4 aromatic carbocycles. The molecule has 1 unspecified atom stereocenters. The first-order valence-corrected chi connectivity index (χ1v) is 10.2. The first-order chi connectivity index (χ1) is 15.2. The number of anilines is 2.